The van der Waals surface area contributed by atoms with Gasteiger partial charge in [0.15, 0.2) is 0 Å². The van der Waals surface area contributed by atoms with Crippen molar-refractivity contribution in [3.05, 3.63) is 29.8 Å². The van der Waals surface area contributed by atoms with Crippen molar-refractivity contribution in [2.24, 2.45) is 0 Å². The quantitative estimate of drug-likeness (QED) is 0.818. The van der Waals surface area contributed by atoms with Gasteiger partial charge in [-0.25, -0.2) is 0 Å². The van der Waals surface area contributed by atoms with E-state index in [1.54, 1.807) is 6.92 Å². The fourth-order valence-corrected chi connectivity index (χ4v) is 2.07. The van der Waals surface area contributed by atoms with E-state index in [0.717, 1.165) is 32.8 Å². The molecule has 4 heteroatoms. The molecule has 1 heterocycles. The minimum atomic E-state index is -0.294. The Morgan fingerprint density at radius 3 is 2.56 bits per heavy atom. The molecule has 0 aliphatic carbocycles. The summed E-state index contributed by atoms with van der Waals surface area (Å²) in [6.45, 7) is 6.79. The van der Waals surface area contributed by atoms with Gasteiger partial charge < -0.3 is 20.1 Å². The smallest absolute Gasteiger partial charge is 0.0642 e. The zero-order valence-corrected chi connectivity index (χ0v) is 10.9. The lowest BCUT2D eigenvalue weighted by Crippen LogP contribution is -2.36. The molecule has 0 bridgehead atoms. The third kappa shape index (κ3) is 3.98. The highest BCUT2D eigenvalue weighted by molar-refractivity contribution is 5.47. The summed E-state index contributed by atoms with van der Waals surface area (Å²) in [5, 5.41) is 12.4. The summed E-state index contributed by atoms with van der Waals surface area (Å²) < 4.78 is 5.35. The van der Waals surface area contributed by atoms with Crippen LogP contribution in [0.15, 0.2) is 24.3 Å². The molecule has 18 heavy (non-hydrogen) atoms. The molecular formula is C14H22N2O2. The average molecular weight is 250 g/mol. The molecule has 1 atom stereocenters. The Morgan fingerprint density at radius 1 is 1.28 bits per heavy atom. The highest BCUT2D eigenvalue weighted by Gasteiger charge is 2.10. The molecule has 1 aromatic rings. The number of ether oxygens (including phenoxy) is 1. The van der Waals surface area contributed by atoms with Crippen LogP contribution in [0.4, 0.5) is 5.69 Å². The molecule has 1 fully saturated rings. The second kappa shape index (κ2) is 6.73. The number of hydrogen-bond acceptors (Lipinski definition) is 4. The maximum absolute atomic E-state index is 9.16. The molecule has 0 aromatic heterocycles. The number of morpholine rings is 1. The van der Waals surface area contributed by atoms with Crippen molar-refractivity contribution in [3.63, 3.8) is 0 Å². The summed E-state index contributed by atoms with van der Waals surface area (Å²) in [5.74, 6) is 0. The fourth-order valence-electron chi connectivity index (χ4n) is 2.07. The zero-order chi connectivity index (χ0) is 12.8. The van der Waals surface area contributed by atoms with E-state index in [1.807, 2.05) is 0 Å². The van der Waals surface area contributed by atoms with Crippen molar-refractivity contribution < 1.29 is 9.84 Å². The molecule has 1 aliphatic heterocycles. The predicted molar refractivity (Wildman–Crippen MR) is 72.9 cm³/mol. The van der Waals surface area contributed by atoms with Crippen LogP contribution in [0.25, 0.3) is 0 Å². The monoisotopic (exact) mass is 250 g/mol. The van der Waals surface area contributed by atoms with Crippen LogP contribution in [0.3, 0.4) is 0 Å². The molecule has 0 radical (unpaired) electrons. The Labute approximate surface area is 109 Å². The van der Waals surface area contributed by atoms with Gasteiger partial charge in [-0.1, -0.05) is 12.1 Å². The first-order valence-electron chi connectivity index (χ1n) is 6.56. The number of anilines is 1. The van der Waals surface area contributed by atoms with Crippen LogP contribution in [0, 0.1) is 0 Å². The van der Waals surface area contributed by atoms with Gasteiger partial charge in [-0.2, -0.15) is 0 Å². The van der Waals surface area contributed by atoms with Gasteiger partial charge >= 0.3 is 0 Å². The van der Waals surface area contributed by atoms with E-state index in [0.29, 0.717) is 6.54 Å². The van der Waals surface area contributed by atoms with Crippen molar-refractivity contribution in [2.75, 3.05) is 37.7 Å². The van der Waals surface area contributed by atoms with Crippen molar-refractivity contribution in [2.45, 2.75) is 19.6 Å². The second-order valence-electron chi connectivity index (χ2n) is 4.75. The van der Waals surface area contributed by atoms with E-state index in [4.69, 9.17) is 9.84 Å². The molecule has 4 nitrogen and oxygen atoms in total. The lowest BCUT2D eigenvalue weighted by Gasteiger charge is -2.28. The lowest BCUT2D eigenvalue weighted by molar-refractivity contribution is 0.122. The standard InChI is InChI=1S/C14H22N2O2/c1-12(17)10-15-11-13-2-4-14(5-3-13)16-6-8-18-9-7-16/h2-5,12,15,17H,6-11H2,1H3. The number of rotatable bonds is 5. The molecule has 0 saturated carbocycles. The summed E-state index contributed by atoms with van der Waals surface area (Å²) in [6.07, 6.45) is -0.294. The topological polar surface area (TPSA) is 44.7 Å². The van der Waals surface area contributed by atoms with Gasteiger partial charge in [0, 0.05) is 31.9 Å². The number of aliphatic hydroxyl groups is 1. The van der Waals surface area contributed by atoms with Gasteiger partial charge in [0.1, 0.15) is 0 Å². The fraction of sp³-hybridized carbons (Fsp3) is 0.571. The molecule has 1 unspecified atom stereocenters. The van der Waals surface area contributed by atoms with E-state index in [2.05, 4.69) is 34.5 Å². The summed E-state index contributed by atoms with van der Waals surface area (Å²) >= 11 is 0. The Bertz CT molecular complexity index is 345. The molecule has 1 aromatic carbocycles. The van der Waals surface area contributed by atoms with Gasteiger partial charge in [-0.3, -0.25) is 0 Å². The Kier molecular flexibility index (Phi) is 4.99. The van der Waals surface area contributed by atoms with Crippen LogP contribution in [0.5, 0.6) is 0 Å². The van der Waals surface area contributed by atoms with Crippen molar-refractivity contribution in [1.29, 1.82) is 0 Å². The summed E-state index contributed by atoms with van der Waals surface area (Å²) in [7, 11) is 0. The number of hydrogen-bond donors (Lipinski definition) is 2. The van der Waals surface area contributed by atoms with Crippen molar-refractivity contribution >= 4 is 5.69 Å². The second-order valence-corrected chi connectivity index (χ2v) is 4.75. The maximum Gasteiger partial charge on any atom is 0.0642 e. The first-order chi connectivity index (χ1) is 8.75. The average Bonchev–Trinajstić information content (AvgIpc) is 2.40. The minimum absolute atomic E-state index is 0.294. The number of nitrogens with zero attached hydrogens (tertiary/aromatic N) is 1. The molecule has 0 amide bonds. The third-order valence-corrected chi connectivity index (χ3v) is 3.08. The zero-order valence-electron chi connectivity index (χ0n) is 10.9. The van der Waals surface area contributed by atoms with E-state index in [9.17, 15) is 0 Å². The maximum atomic E-state index is 9.16. The van der Waals surface area contributed by atoms with Crippen LogP contribution in [-0.4, -0.2) is 44.1 Å². The normalized spacial score (nSPS) is 17.8. The van der Waals surface area contributed by atoms with Crippen molar-refractivity contribution in [3.8, 4) is 0 Å². The number of aliphatic hydroxyl groups excluding tert-OH is 1. The van der Waals surface area contributed by atoms with E-state index < -0.39 is 0 Å². The lowest BCUT2D eigenvalue weighted by atomic mass is 10.2. The van der Waals surface area contributed by atoms with Gasteiger partial charge in [0.05, 0.1) is 19.3 Å². The van der Waals surface area contributed by atoms with Gasteiger partial charge in [0.25, 0.3) is 0 Å². The largest absolute Gasteiger partial charge is 0.392 e. The first kappa shape index (κ1) is 13.3. The molecule has 1 aliphatic rings. The molecule has 100 valence electrons. The summed E-state index contributed by atoms with van der Waals surface area (Å²) in [4.78, 5) is 2.34. The minimum Gasteiger partial charge on any atom is -0.392 e. The van der Waals surface area contributed by atoms with E-state index in [1.165, 1.54) is 11.3 Å². The molecule has 0 spiro atoms. The molecule has 1 saturated heterocycles. The SMILES string of the molecule is CC(O)CNCc1ccc(N2CCOCC2)cc1. The van der Waals surface area contributed by atoms with Gasteiger partial charge in [-0.15, -0.1) is 0 Å². The Hall–Kier alpha value is -1.10. The highest BCUT2D eigenvalue weighted by Crippen LogP contribution is 2.16. The Morgan fingerprint density at radius 2 is 1.94 bits per heavy atom. The number of benzene rings is 1. The molecular weight excluding hydrogens is 228 g/mol. The summed E-state index contributed by atoms with van der Waals surface area (Å²) in [6, 6.07) is 8.59. The van der Waals surface area contributed by atoms with E-state index >= 15 is 0 Å². The highest BCUT2D eigenvalue weighted by atomic mass is 16.5. The van der Waals surface area contributed by atoms with E-state index in [-0.39, 0.29) is 6.10 Å². The third-order valence-electron chi connectivity index (χ3n) is 3.08. The molecule has 2 rings (SSSR count). The van der Waals surface area contributed by atoms with Crippen LogP contribution in [0.1, 0.15) is 12.5 Å². The number of nitrogens with one attached hydrogen (secondary N) is 1. The molecule has 2 N–H and O–H groups in total. The summed E-state index contributed by atoms with van der Waals surface area (Å²) in [5.41, 5.74) is 2.50. The van der Waals surface area contributed by atoms with Crippen LogP contribution >= 0.6 is 0 Å². The predicted octanol–water partition coefficient (Wildman–Crippen LogP) is 0.994. The first-order valence-corrected chi connectivity index (χ1v) is 6.56. The van der Waals surface area contributed by atoms with Crippen LogP contribution < -0.4 is 10.2 Å². The van der Waals surface area contributed by atoms with Crippen LogP contribution in [0.2, 0.25) is 0 Å². The Balaban J connectivity index is 1.84. The van der Waals surface area contributed by atoms with Gasteiger partial charge in [0.2, 0.25) is 0 Å². The van der Waals surface area contributed by atoms with Crippen LogP contribution in [-0.2, 0) is 11.3 Å². The van der Waals surface area contributed by atoms with Gasteiger partial charge in [-0.05, 0) is 24.6 Å². The van der Waals surface area contributed by atoms with Crippen molar-refractivity contribution in [1.82, 2.24) is 5.32 Å².